The first kappa shape index (κ1) is 41.5. The number of ether oxygens (including phenoxy) is 1. The number of aromatic amines is 1. The minimum atomic E-state index is -0.653. The van der Waals surface area contributed by atoms with Gasteiger partial charge in [-0.05, 0) is 86.8 Å². The van der Waals surface area contributed by atoms with E-state index in [2.05, 4.69) is 25.7 Å². The average Bonchev–Trinajstić information content (AvgIpc) is 3.83. The van der Waals surface area contributed by atoms with Gasteiger partial charge in [0.05, 0.1) is 17.4 Å². The van der Waals surface area contributed by atoms with E-state index in [1.165, 1.54) is 16.5 Å². The number of fused-ring (bicyclic) bond motifs is 2. The third kappa shape index (κ3) is 9.03. The van der Waals surface area contributed by atoms with E-state index in [4.69, 9.17) is 10.5 Å². The van der Waals surface area contributed by atoms with Crippen molar-refractivity contribution in [2.75, 3.05) is 30.6 Å². The lowest BCUT2D eigenvalue weighted by Gasteiger charge is -2.29. The number of anilines is 1. The third-order valence-electron chi connectivity index (χ3n) is 11.4. The highest BCUT2D eigenvalue weighted by Gasteiger charge is 2.39. The van der Waals surface area contributed by atoms with Crippen LogP contribution in [0.15, 0.2) is 47.4 Å². The van der Waals surface area contributed by atoms with Gasteiger partial charge in [0.15, 0.2) is 0 Å². The molecule has 4 heterocycles. The molecule has 1 unspecified atom stereocenters. The number of rotatable bonds is 16. The molecule has 1 saturated heterocycles. The summed E-state index contributed by atoms with van der Waals surface area (Å²) < 4.78 is 11.5. The number of amides is 5. The Morgan fingerprint density at radius 2 is 1.73 bits per heavy atom. The SMILES string of the molecule is CSNc1cc(-c2cn(C)c(=O)c3[nH]c(C(=O)NCCN)cc23)c(OC2CCCCC2)cc1C(=O)NCCCCCc1cccc2c1CN(C1CCC(=O)NC1=O)C2=O. The Bertz CT molecular complexity index is 2330. The van der Waals surface area contributed by atoms with Gasteiger partial charge in [-0.2, -0.15) is 0 Å². The highest BCUT2D eigenvalue weighted by molar-refractivity contribution is 7.99. The average molecular weight is 825 g/mol. The number of nitrogens with zero attached hydrogens (tertiary/aromatic N) is 2. The fourth-order valence-corrected chi connectivity index (χ4v) is 8.77. The van der Waals surface area contributed by atoms with Crippen LogP contribution in [0.4, 0.5) is 5.69 Å². The van der Waals surface area contributed by atoms with E-state index < -0.39 is 11.9 Å². The van der Waals surface area contributed by atoms with Gasteiger partial charge in [-0.15, -0.1) is 0 Å². The smallest absolute Gasteiger partial charge is 0.274 e. The number of pyridine rings is 1. The van der Waals surface area contributed by atoms with E-state index in [0.29, 0.717) is 65.1 Å². The maximum absolute atomic E-state index is 13.9. The van der Waals surface area contributed by atoms with Crippen molar-refractivity contribution in [2.45, 2.75) is 89.3 Å². The maximum Gasteiger partial charge on any atom is 0.274 e. The summed E-state index contributed by atoms with van der Waals surface area (Å²) >= 11 is 1.35. The first-order valence-electron chi connectivity index (χ1n) is 20.5. The van der Waals surface area contributed by atoms with Gasteiger partial charge in [0.25, 0.3) is 23.3 Å². The Morgan fingerprint density at radius 3 is 2.49 bits per heavy atom. The number of aromatic nitrogens is 2. The van der Waals surface area contributed by atoms with Crippen LogP contribution in [0, 0.1) is 0 Å². The van der Waals surface area contributed by atoms with Crippen molar-refractivity contribution < 1.29 is 28.7 Å². The van der Waals surface area contributed by atoms with Crippen LogP contribution in [0.3, 0.4) is 0 Å². The summed E-state index contributed by atoms with van der Waals surface area (Å²) in [4.78, 5) is 82.2. The highest BCUT2D eigenvalue weighted by Crippen LogP contribution is 2.40. The number of piperidine rings is 1. The third-order valence-corrected chi connectivity index (χ3v) is 11.9. The molecular formula is C43H52N8O7S. The fourth-order valence-electron chi connectivity index (χ4n) is 8.38. The first-order valence-corrected chi connectivity index (χ1v) is 21.7. The standard InChI is InChI=1S/C43H52N8O7S/c1-50-23-32(29-21-34(40(54)46-19-17-44)47-38(29)43(50)57)28-20-33(49-59-2)30(22-36(28)58-26-12-6-3-7-13-26)39(53)45-18-8-4-5-10-25-11-9-14-27-31(25)24-51(42(27)56)35-15-16-37(52)48-41(35)55/h9,11,14,20-23,26,35,47,49H,3-8,10,12-13,15-19,24,44H2,1-2H3,(H,45,53)(H,46,54)(H,48,52,55). The molecular weight excluding hydrogens is 773 g/mol. The molecule has 2 aromatic carbocycles. The number of nitrogens with one attached hydrogen (secondary N) is 5. The van der Waals surface area contributed by atoms with Gasteiger partial charge in [0.1, 0.15) is 23.0 Å². The molecule has 1 aliphatic carbocycles. The lowest BCUT2D eigenvalue weighted by Crippen LogP contribution is -2.52. The summed E-state index contributed by atoms with van der Waals surface area (Å²) in [6.07, 6.45) is 12.3. The van der Waals surface area contributed by atoms with E-state index in [-0.39, 0.29) is 59.5 Å². The van der Waals surface area contributed by atoms with Crippen molar-refractivity contribution in [3.63, 3.8) is 0 Å². The molecule has 59 heavy (non-hydrogen) atoms. The van der Waals surface area contributed by atoms with Gasteiger partial charge < -0.3 is 40.3 Å². The molecule has 0 spiro atoms. The molecule has 2 aromatic heterocycles. The number of aryl methyl sites for hydroxylation is 2. The lowest BCUT2D eigenvalue weighted by atomic mass is 9.96. The van der Waals surface area contributed by atoms with E-state index in [1.807, 2.05) is 24.5 Å². The number of nitrogens with two attached hydrogens (primary N) is 1. The highest BCUT2D eigenvalue weighted by atomic mass is 32.2. The minimum Gasteiger partial charge on any atom is -0.490 e. The number of imide groups is 1. The van der Waals surface area contributed by atoms with E-state index in [0.717, 1.165) is 68.9 Å². The second-order valence-corrected chi connectivity index (χ2v) is 16.1. The first-order chi connectivity index (χ1) is 28.6. The minimum absolute atomic E-state index is 0.0333. The molecule has 16 heteroatoms. The van der Waals surface area contributed by atoms with Crippen LogP contribution >= 0.6 is 11.9 Å². The number of hydrogen-bond donors (Lipinski definition) is 6. The largest absolute Gasteiger partial charge is 0.490 e. The predicted molar refractivity (Wildman–Crippen MR) is 227 cm³/mol. The number of unbranched alkanes of at least 4 members (excludes halogenated alkanes) is 2. The molecule has 5 amide bonds. The molecule has 312 valence electrons. The van der Waals surface area contributed by atoms with Crippen LogP contribution in [-0.2, 0) is 29.6 Å². The Hall–Kier alpha value is -5.61. The molecule has 1 atom stereocenters. The quantitative estimate of drug-likeness (QED) is 0.0529. The zero-order valence-electron chi connectivity index (χ0n) is 33.5. The van der Waals surface area contributed by atoms with Crippen molar-refractivity contribution >= 4 is 58.1 Å². The fraction of sp³-hybridized carbons (Fsp3) is 0.442. The Kier molecular flexibility index (Phi) is 13.1. The van der Waals surface area contributed by atoms with Crippen LogP contribution in [0.2, 0.25) is 0 Å². The van der Waals surface area contributed by atoms with Gasteiger partial charge >= 0.3 is 0 Å². The molecule has 2 aliphatic heterocycles. The summed E-state index contributed by atoms with van der Waals surface area (Å²) in [6.45, 7) is 1.36. The normalized spacial score (nSPS) is 16.9. The molecule has 0 bridgehead atoms. The van der Waals surface area contributed by atoms with Crippen LogP contribution in [-0.4, -0.2) is 82.0 Å². The topological polar surface area (TPSA) is 210 Å². The lowest BCUT2D eigenvalue weighted by molar-refractivity contribution is -0.136. The second-order valence-electron chi connectivity index (χ2n) is 15.5. The number of benzene rings is 2. The molecule has 7 rings (SSSR count). The van der Waals surface area contributed by atoms with Crippen LogP contribution in [0.25, 0.3) is 22.0 Å². The maximum atomic E-state index is 13.9. The number of H-pyrrole nitrogens is 1. The number of hydrogen-bond acceptors (Lipinski definition) is 10. The predicted octanol–water partition coefficient (Wildman–Crippen LogP) is 4.53. The van der Waals surface area contributed by atoms with Crippen LogP contribution < -0.4 is 36.7 Å². The van der Waals surface area contributed by atoms with Crippen molar-refractivity contribution in [2.24, 2.45) is 12.8 Å². The van der Waals surface area contributed by atoms with Gasteiger partial charge in [0, 0.05) is 74.2 Å². The van der Waals surface area contributed by atoms with Gasteiger partial charge in [-0.25, -0.2) is 0 Å². The van der Waals surface area contributed by atoms with E-state index >= 15 is 0 Å². The van der Waals surface area contributed by atoms with Gasteiger partial charge in [-0.1, -0.05) is 36.9 Å². The molecule has 15 nitrogen and oxygen atoms in total. The van der Waals surface area contributed by atoms with Crippen molar-refractivity contribution in [3.05, 3.63) is 80.9 Å². The summed E-state index contributed by atoms with van der Waals surface area (Å²) in [6, 6.07) is 10.4. The van der Waals surface area contributed by atoms with E-state index in [1.54, 1.807) is 36.3 Å². The second kappa shape index (κ2) is 18.5. The van der Waals surface area contributed by atoms with Crippen molar-refractivity contribution in [1.82, 2.24) is 30.4 Å². The summed E-state index contributed by atoms with van der Waals surface area (Å²) in [5, 5.41) is 8.78. The van der Waals surface area contributed by atoms with Crippen molar-refractivity contribution in [1.29, 1.82) is 0 Å². The molecule has 0 radical (unpaired) electrons. The molecule has 1 saturated carbocycles. The van der Waals surface area contributed by atoms with Crippen LogP contribution in [0.5, 0.6) is 5.75 Å². The Balaban J connectivity index is 1.06. The number of carbonyl (C=O) groups excluding carboxylic acids is 5. The molecule has 7 N–H and O–H groups in total. The van der Waals surface area contributed by atoms with Gasteiger partial charge in [0.2, 0.25) is 11.8 Å². The van der Waals surface area contributed by atoms with E-state index in [9.17, 15) is 28.8 Å². The molecule has 3 aliphatic rings. The van der Waals surface area contributed by atoms with Gasteiger partial charge in [-0.3, -0.25) is 34.1 Å². The summed E-state index contributed by atoms with van der Waals surface area (Å²) in [5.41, 5.74) is 10.8. The zero-order chi connectivity index (χ0) is 41.6. The number of carbonyl (C=O) groups is 5. The Morgan fingerprint density at radius 1 is 0.932 bits per heavy atom. The monoisotopic (exact) mass is 824 g/mol. The molecule has 2 fully saturated rings. The van der Waals surface area contributed by atoms with Crippen LogP contribution in [0.1, 0.15) is 107 Å². The molecule has 4 aromatic rings. The summed E-state index contributed by atoms with van der Waals surface area (Å²) in [7, 11) is 1.66. The Labute approximate surface area is 346 Å². The summed E-state index contributed by atoms with van der Waals surface area (Å²) in [5.74, 6) is -1.01. The zero-order valence-corrected chi connectivity index (χ0v) is 34.4. The van der Waals surface area contributed by atoms with Crippen molar-refractivity contribution in [3.8, 4) is 16.9 Å².